The number of hydrogen-bond acceptors (Lipinski definition) is 3. The molecule has 0 saturated heterocycles. The van der Waals surface area contributed by atoms with E-state index in [0.717, 1.165) is 5.56 Å². The molecule has 0 saturated carbocycles. The van der Waals surface area contributed by atoms with Crippen molar-refractivity contribution in [1.29, 1.82) is 0 Å². The Morgan fingerprint density at radius 3 is 2.53 bits per heavy atom. The molecule has 0 spiro atoms. The summed E-state index contributed by atoms with van der Waals surface area (Å²) in [6.07, 6.45) is 3.29. The minimum atomic E-state index is -0.905. The van der Waals surface area contributed by atoms with Crippen molar-refractivity contribution in [3.8, 4) is 0 Å². The Balaban J connectivity index is 2.80. The first-order chi connectivity index (χ1) is 8.80. The lowest BCUT2D eigenvalue weighted by molar-refractivity contribution is -0.142. The van der Waals surface area contributed by atoms with Crippen LogP contribution in [0.5, 0.6) is 0 Å². The second-order valence-electron chi connectivity index (χ2n) is 5.48. The van der Waals surface area contributed by atoms with E-state index in [1.807, 2.05) is 26.8 Å². The number of amides is 1. The topological polar surface area (TPSA) is 70.5 Å². The van der Waals surface area contributed by atoms with Crippen LogP contribution in [0.3, 0.4) is 0 Å². The number of aromatic nitrogens is 1. The Hall–Kier alpha value is -1.91. The van der Waals surface area contributed by atoms with Gasteiger partial charge in [-0.2, -0.15) is 0 Å². The molecule has 1 amide bonds. The molecule has 0 atom stereocenters. The van der Waals surface area contributed by atoms with E-state index < -0.39 is 11.4 Å². The third kappa shape index (κ3) is 5.07. The zero-order valence-corrected chi connectivity index (χ0v) is 11.6. The lowest BCUT2D eigenvalue weighted by atomic mass is 9.94. The fourth-order valence-corrected chi connectivity index (χ4v) is 1.67. The molecule has 0 aromatic carbocycles. The highest BCUT2D eigenvalue weighted by molar-refractivity contribution is 5.82. The largest absolute Gasteiger partial charge is 0.481 e. The summed E-state index contributed by atoms with van der Waals surface area (Å²) < 4.78 is 0. The van der Waals surface area contributed by atoms with Gasteiger partial charge < -0.3 is 10.0 Å². The van der Waals surface area contributed by atoms with E-state index in [-0.39, 0.29) is 18.9 Å². The fourth-order valence-electron chi connectivity index (χ4n) is 1.67. The summed E-state index contributed by atoms with van der Waals surface area (Å²) in [4.78, 5) is 28.5. The van der Waals surface area contributed by atoms with Gasteiger partial charge in [0, 0.05) is 30.9 Å². The first-order valence-corrected chi connectivity index (χ1v) is 6.21. The van der Waals surface area contributed by atoms with Gasteiger partial charge in [-0.3, -0.25) is 14.6 Å². The lowest BCUT2D eigenvalue weighted by Crippen LogP contribution is -2.40. The summed E-state index contributed by atoms with van der Waals surface area (Å²) in [6, 6.07) is 3.67. The second kappa shape index (κ2) is 6.31. The number of pyridine rings is 1. The van der Waals surface area contributed by atoms with Crippen molar-refractivity contribution in [3.05, 3.63) is 30.1 Å². The Morgan fingerprint density at radius 1 is 1.37 bits per heavy atom. The van der Waals surface area contributed by atoms with Crippen LogP contribution in [0.25, 0.3) is 0 Å². The number of rotatable bonds is 5. The molecule has 0 aliphatic rings. The van der Waals surface area contributed by atoms with Gasteiger partial charge in [-0.25, -0.2) is 0 Å². The van der Waals surface area contributed by atoms with Crippen LogP contribution in [0.4, 0.5) is 0 Å². The molecule has 0 radical (unpaired) electrons. The molecular weight excluding hydrogens is 244 g/mol. The van der Waals surface area contributed by atoms with Crippen molar-refractivity contribution in [3.63, 3.8) is 0 Å². The molecule has 19 heavy (non-hydrogen) atoms. The van der Waals surface area contributed by atoms with E-state index in [1.165, 1.54) is 0 Å². The third-order valence-corrected chi connectivity index (χ3v) is 2.62. The van der Waals surface area contributed by atoms with Gasteiger partial charge in [-0.05, 0) is 11.6 Å². The van der Waals surface area contributed by atoms with Crippen molar-refractivity contribution in [2.24, 2.45) is 5.41 Å². The van der Waals surface area contributed by atoms with Crippen molar-refractivity contribution >= 4 is 11.9 Å². The molecule has 1 heterocycles. The van der Waals surface area contributed by atoms with E-state index in [0.29, 0.717) is 6.54 Å². The van der Waals surface area contributed by atoms with E-state index in [1.54, 1.807) is 23.4 Å². The van der Waals surface area contributed by atoms with E-state index in [9.17, 15) is 9.59 Å². The zero-order chi connectivity index (χ0) is 14.5. The van der Waals surface area contributed by atoms with Crippen molar-refractivity contribution in [1.82, 2.24) is 9.88 Å². The van der Waals surface area contributed by atoms with Gasteiger partial charge in [0.2, 0.25) is 5.91 Å². The summed E-state index contributed by atoms with van der Waals surface area (Å²) in [5.74, 6) is -0.963. The van der Waals surface area contributed by atoms with E-state index >= 15 is 0 Å². The molecule has 0 bridgehead atoms. The van der Waals surface area contributed by atoms with Gasteiger partial charge in [0.1, 0.15) is 0 Å². The molecule has 1 aromatic rings. The summed E-state index contributed by atoms with van der Waals surface area (Å²) in [5.41, 5.74) is 0.367. The molecule has 0 aliphatic carbocycles. The summed E-state index contributed by atoms with van der Waals surface area (Å²) in [5, 5.41) is 8.76. The smallest absolute Gasteiger partial charge is 0.305 e. The van der Waals surface area contributed by atoms with Gasteiger partial charge in [-0.1, -0.05) is 26.8 Å². The van der Waals surface area contributed by atoms with E-state index in [2.05, 4.69) is 4.98 Å². The minimum Gasteiger partial charge on any atom is -0.481 e. The highest BCUT2D eigenvalue weighted by Crippen LogP contribution is 2.19. The quantitative estimate of drug-likeness (QED) is 0.882. The number of aliphatic carboxylic acids is 1. The number of carboxylic acids is 1. The zero-order valence-electron chi connectivity index (χ0n) is 11.6. The molecule has 0 aliphatic heterocycles. The van der Waals surface area contributed by atoms with Crippen LogP contribution in [0.1, 0.15) is 32.8 Å². The Morgan fingerprint density at radius 2 is 2.05 bits per heavy atom. The van der Waals surface area contributed by atoms with Gasteiger partial charge >= 0.3 is 5.97 Å². The third-order valence-electron chi connectivity index (χ3n) is 2.62. The fraction of sp³-hybridized carbons (Fsp3) is 0.500. The lowest BCUT2D eigenvalue weighted by Gasteiger charge is -2.29. The number of carboxylic acid groups (broad SMARTS) is 1. The normalized spacial score (nSPS) is 11.1. The molecule has 0 fully saturated rings. The number of carbonyl (C=O) groups excluding carboxylic acids is 1. The van der Waals surface area contributed by atoms with Crippen LogP contribution in [-0.4, -0.2) is 33.4 Å². The minimum absolute atomic E-state index is 0.0535. The predicted octanol–water partition coefficient (Wildman–Crippen LogP) is 1.93. The molecule has 5 heteroatoms. The molecular formula is C14H20N2O3. The first-order valence-electron chi connectivity index (χ1n) is 6.21. The Bertz CT molecular complexity index is 438. The maximum atomic E-state index is 12.3. The van der Waals surface area contributed by atoms with Gasteiger partial charge in [0.15, 0.2) is 0 Å². The van der Waals surface area contributed by atoms with E-state index in [4.69, 9.17) is 5.11 Å². The number of carbonyl (C=O) groups is 2. The predicted molar refractivity (Wildman–Crippen MR) is 71.4 cm³/mol. The first kappa shape index (κ1) is 15.1. The molecule has 104 valence electrons. The number of hydrogen-bond donors (Lipinski definition) is 1. The van der Waals surface area contributed by atoms with Crippen LogP contribution >= 0.6 is 0 Å². The molecule has 1 rings (SSSR count). The summed E-state index contributed by atoms with van der Waals surface area (Å²) in [6.45, 7) is 6.07. The molecule has 1 N–H and O–H groups in total. The standard InChI is InChI=1S/C14H20N2O3/c1-14(2,3)13(19)16(8-6-12(17)18)10-11-5-4-7-15-9-11/h4-5,7,9H,6,8,10H2,1-3H3,(H,17,18). The highest BCUT2D eigenvalue weighted by atomic mass is 16.4. The number of nitrogens with zero attached hydrogens (tertiary/aromatic N) is 2. The maximum Gasteiger partial charge on any atom is 0.305 e. The SMILES string of the molecule is CC(C)(C)C(=O)N(CCC(=O)O)Cc1cccnc1. The highest BCUT2D eigenvalue weighted by Gasteiger charge is 2.27. The summed E-state index contributed by atoms with van der Waals surface area (Å²) >= 11 is 0. The Kier molecular flexibility index (Phi) is 5.03. The molecule has 1 aromatic heterocycles. The van der Waals surface area contributed by atoms with Crippen molar-refractivity contribution in [2.45, 2.75) is 33.7 Å². The van der Waals surface area contributed by atoms with Gasteiger partial charge in [0.05, 0.1) is 6.42 Å². The van der Waals surface area contributed by atoms with Crippen molar-refractivity contribution in [2.75, 3.05) is 6.54 Å². The molecule has 5 nitrogen and oxygen atoms in total. The monoisotopic (exact) mass is 264 g/mol. The van der Waals surface area contributed by atoms with Gasteiger partial charge in [-0.15, -0.1) is 0 Å². The second-order valence-corrected chi connectivity index (χ2v) is 5.48. The Labute approximate surface area is 113 Å². The van der Waals surface area contributed by atoms with Crippen LogP contribution in [-0.2, 0) is 16.1 Å². The average Bonchev–Trinajstić information content (AvgIpc) is 2.33. The van der Waals surface area contributed by atoms with Crippen LogP contribution < -0.4 is 0 Å². The van der Waals surface area contributed by atoms with Crippen LogP contribution in [0.2, 0.25) is 0 Å². The maximum absolute atomic E-state index is 12.3. The van der Waals surface area contributed by atoms with Crippen LogP contribution in [0.15, 0.2) is 24.5 Å². The van der Waals surface area contributed by atoms with Gasteiger partial charge in [0.25, 0.3) is 0 Å². The summed E-state index contributed by atoms with van der Waals surface area (Å²) in [7, 11) is 0. The molecule has 0 unspecified atom stereocenters. The van der Waals surface area contributed by atoms with Crippen LogP contribution in [0, 0.1) is 5.41 Å². The van der Waals surface area contributed by atoms with Crippen molar-refractivity contribution < 1.29 is 14.7 Å². The average molecular weight is 264 g/mol.